The van der Waals surface area contributed by atoms with Crippen molar-refractivity contribution in [3.8, 4) is 0 Å². The summed E-state index contributed by atoms with van der Waals surface area (Å²) in [5.41, 5.74) is 1.16. The van der Waals surface area contributed by atoms with Crippen LogP contribution in [-0.2, 0) is 9.53 Å². The van der Waals surface area contributed by atoms with Crippen molar-refractivity contribution in [1.82, 2.24) is 0 Å². The third-order valence-electron chi connectivity index (χ3n) is 4.38. The van der Waals surface area contributed by atoms with E-state index in [1.54, 1.807) is 0 Å². The van der Waals surface area contributed by atoms with E-state index in [9.17, 15) is 4.79 Å². The Kier molecular flexibility index (Phi) is 4.78. The first kappa shape index (κ1) is 14.6. The van der Waals surface area contributed by atoms with Crippen LogP contribution in [0.2, 0.25) is 0 Å². The van der Waals surface area contributed by atoms with Gasteiger partial charge in [0.05, 0.1) is 12.2 Å². The Labute approximate surface area is 121 Å². The van der Waals surface area contributed by atoms with Crippen LogP contribution in [0.1, 0.15) is 25.8 Å². The zero-order valence-electron chi connectivity index (χ0n) is 12.2. The third kappa shape index (κ3) is 3.19. The number of benzene rings is 1. The van der Waals surface area contributed by atoms with Crippen molar-refractivity contribution in [3.63, 3.8) is 0 Å². The van der Waals surface area contributed by atoms with Crippen LogP contribution in [0.15, 0.2) is 49.2 Å². The SMILES string of the molecule is C=COC(=O)C1C(C=Cc2ccccc2)CC(C)C1C. The van der Waals surface area contributed by atoms with E-state index in [-0.39, 0.29) is 17.8 Å². The zero-order valence-corrected chi connectivity index (χ0v) is 12.2. The van der Waals surface area contributed by atoms with Crippen LogP contribution in [0.25, 0.3) is 6.08 Å². The quantitative estimate of drug-likeness (QED) is 0.602. The number of carbonyl (C=O) groups is 1. The highest BCUT2D eigenvalue weighted by molar-refractivity contribution is 5.74. The standard InChI is InChI=1S/C18H22O2/c1-4-20-18(19)17-14(3)13(2)12-16(17)11-10-15-8-6-5-7-9-15/h4-11,13-14,16-17H,1,12H2,2-3H3. The van der Waals surface area contributed by atoms with Crippen LogP contribution < -0.4 is 0 Å². The summed E-state index contributed by atoms with van der Waals surface area (Å²) in [4.78, 5) is 12.1. The molecule has 1 aliphatic rings. The molecule has 0 saturated heterocycles. The average molecular weight is 270 g/mol. The average Bonchev–Trinajstić information content (AvgIpc) is 2.73. The first-order chi connectivity index (χ1) is 9.63. The Balaban J connectivity index is 2.14. The maximum absolute atomic E-state index is 12.1. The van der Waals surface area contributed by atoms with Crippen molar-refractivity contribution in [2.45, 2.75) is 20.3 Å². The molecule has 1 aromatic carbocycles. The summed E-state index contributed by atoms with van der Waals surface area (Å²) < 4.78 is 5.02. The first-order valence-electron chi connectivity index (χ1n) is 7.18. The lowest BCUT2D eigenvalue weighted by Crippen LogP contribution is -2.24. The number of ether oxygens (including phenoxy) is 1. The fourth-order valence-corrected chi connectivity index (χ4v) is 3.08. The number of hydrogen-bond donors (Lipinski definition) is 0. The van der Waals surface area contributed by atoms with Gasteiger partial charge in [-0.05, 0) is 29.7 Å². The monoisotopic (exact) mass is 270 g/mol. The molecule has 106 valence electrons. The molecule has 1 saturated carbocycles. The molecule has 4 atom stereocenters. The van der Waals surface area contributed by atoms with Gasteiger partial charge in [0.25, 0.3) is 0 Å². The van der Waals surface area contributed by atoms with Crippen LogP contribution in [0, 0.1) is 23.7 Å². The molecule has 1 aromatic rings. The van der Waals surface area contributed by atoms with Crippen LogP contribution in [0.4, 0.5) is 0 Å². The van der Waals surface area contributed by atoms with Gasteiger partial charge in [0.2, 0.25) is 0 Å². The maximum Gasteiger partial charge on any atom is 0.314 e. The molecule has 0 aromatic heterocycles. The van der Waals surface area contributed by atoms with Crippen LogP contribution >= 0.6 is 0 Å². The molecule has 2 rings (SSSR count). The van der Waals surface area contributed by atoms with Gasteiger partial charge in [0.1, 0.15) is 0 Å². The molecule has 1 aliphatic carbocycles. The van der Waals surface area contributed by atoms with Crippen molar-refractivity contribution in [3.05, 3.63) is 54.8 Å². The van der Waals surface area contributed by atoms with Crippen molar-refractivity contribution >= 4 is 12.0 Å². The minimum absolute atomic E-state index is 0.0667. The number of esters is 1. The van der Waals surface area contributed by atoms with Gasteiger partial charge in [-0.2, -0.15) is 0 Å². The van der Waals surface area contributed by atoms with Crippen molar-refractivity contribution in [2.24, 2.45) is 23.7 Å². The van der Waals surface area contributed by atoms with Crippen LogP contribution in [-0.4, -0.2) is 5.97 Å². The predicted octanol–water partition coefficient (Wildman–Crippen LogP) is 4.29. The van der Waals surface area contributed by atoms with Gasteiger partial charge in [-0.25, -0.2) is 0 Å². The van der Waals surface area contributed by atoms with Crippen LogP contribution in [0.3, 0.4) is 0 Å². The van der Waals surface area contributed by atoms with E-state index in [1.165, 1.54) is 6.26 Å². The van der Waals surface area contributed by atoms with Gasteiger partial charge < -0.3 is 4.74 Å². The summed E-state index contributed by atoms with van der Waals surface area (Å²) >= 11 is 0. The number of carbonyl (C=O) groups excluding carboxylic acids is 1. The van der Waals surface area contributed by atoms with E-state index >= 15 is 0 Å². The van der Waals surface area contributed by atoms with Gasteiger partial charge in [-0.1, -0.05) is 62.9 Å². The van der Waals surface area contributed by atoms with Crippen molar-refractivity contribution in [2.75, 3.05) is 0 Å². The Bertz CT molecular complexity index is 489. The van der Waals surface area contributed by atoms with Crippen molar-refractivity contribution in [1.29, 1.82) is 0 Å². The molecule has 1 fully saturated rings. The van der Waals surface area contributed by atoms with E-state index < -0.39 is 0 Å². The van der Waals surface area contributed by atoms with Gasteiger partial charge in [0, 0.05) is 0 Å². The molecule has 0 amide bonds. The second kappa shape index (κ2) is 6.56. The summed E-state index contributed by atoms with van der Waals surface area (Å²) in [6.07, 6.45) is 6.52. The molecule has 0 heterocycles. The summed E-state index contributed by atoms with van der Waals surface area (Å²) in [5.74, 6) is 0.894. The number of hydrogen-bond acceptors (Lipinski definition) is 2. The summed E-state index contributed by atoms with van der Waals surface area (Å²) in [6.45, 7) is 7.81. The molecule has 2 nitrogen and oxygen atoms in total. The first-order valence-corrected chi connectivity index (χ1v) is 7.18. The maximum atomic E-state index is 12.1. The molecule has 20 heavy (non-hydrogen) atoms. The van der Waals surface area contributed by atoms with Gasteiger partial charge in [-0.3, -0.25) is 4.79 Å². The summed E-state index contributed by atoms with van der Waals surface area (Å²) in [6, 6.07) is 10.2. The van der Waals surface area contributed by atoms with E-state index in [4.69, 9.17) is 4.74 Å². The molecule has 0 radical (unpaired) electrons. The normalized spacial score (nSPS) is 29.5. The highest BCUT2D eigenvalue weighted by Crippen LogP contribution is 2.42. The molecular weight excluding hydrogens is 248 g/mol. The fourth-order valence-electron chi connectivity index (χ4n) is 3.08. The molecule has 2 heteroatoms. The Hall–Kier alpha value is -1.83. The molecule has 0 aliphatic heterocycles. The van der Waals surface area contributed by atoms with Crippen LogP contribution in [0.5, 0.6) is 0 Å². The number of allylic oxidation sites excluding steroid dienone is 1. The highest BCUT2D eigenvalue weighted by Gasteiger charge is 2.42. The second-order valence-corrected chi connectivity index (χ2v) is 5.64. The zero-order chi connectivity index (χ0) is 14.5. The Morgan fingerprint density at radius 3 is 2.65 bits per heavy atom. The highest BCUT2D eigenvalue weighted by atomic mass is 16.5. The predicted molar refractivity (Wildman–Crippen MR) is 81.7 cm³/mol. The Morgan fingerprint density at radius 1 is 1.30 bits per heavy atom. The molecule has 0 bridgehead atoms. The second-order valence-electron chi connectivity index (χ2n) is 5.64. The molecule has 0 spiro atoms. The smallest absolute Gasteiger partial charge is 0.314 e. The molecule has 0 N–H and O–H groups in total. The van der Waals surface area contributed by atoms with Crippen molar-refractivity contribution < 1.29 is 9.53 Å². The lowest BCUT2D eigenvalue weighted by Gasteiger charge is -2.18. The minimum atomic E-state index is -0.153. The van der Waals surface area contributed by atoms with Gasteiger partial charge in [-0.15, -0.1) is 0 Å². The van der Waals surface area contributed by atoms with E-state index in [1.807, 2.05) is 18.2 Å². The Morgan fingerprint density at radius 2 is 2.00 bits per heavy atom. The molecule has 4 unspecified atom stereocenters. The summed E-state index contributed by atoms with van der Waals surface area (Å²) in [5, 5.41) is 0. The van der Waals surface area contributed by atoms with Gasteiger partial charge in [0.15, 0.2) is 0 Å². The minimum Gasteiger partial charge on any atom is -0.435 e. The molecular formula is C18H22O2. The summed E-state index contributed by atoms with van der Waals surface area (Å²) in [7, 11) is 0. The van der Waals surface area contributed by atoms with E-state index in [0.29, 0.717) is 11.8 Å². The third-order valence-corrected chi connectivity index (χ3v) is 4.38. The number of rotatable bonds is 4. The topological polar surface area (TPSA) is 26.3 Å². The lowest BCUT2D eigenvalue weighted by atomic mass is 9.88. The lowest BCUT2D eigenvalue weighted by molar-refractivity contribution is -0.144. The van der Waals surface area contributed by atoms with E-state index in [0.717, 1.165) is 12.0 Å². The fraction of sp³-hybridized carbons (Fsp3) is 0.389. The largest absolute Gasteiger partial charge is 0.435 e. The van der Waals surface area contributed by atoms with E-state index in [2.05, 4.69) is 44.7 Å². The van der Waals surface area contributed by atoms with Gasteiger partial charge >= 0.3 is 5.97 Å².